The monoisotopic (exact) mass is 730 g/mol. The second-order valence-electron chi connectivity index (χ2n) is 14.7. The molecule has 0 aromatic carbocycles. The van der Waals surface area contributed by atoms with E-state index >= 15 is 0 Å². The van der Waals surface area contributed by atoms with Crippen molar-refractivity contribution in [3.8, 4) is 0 Å². The summed E-state index contributed by atoms with van der Waals surface area (Å²) in [6.07, 6.45) is 15.3. The highest BCUT2D eigenvalue weighted by molar-refractivity contribution is 5.39. The lowest BCUT2D eigenvalue weighted by Crippen LogP contribution is -2.38. The number of pyridine rings is 3. The highest BCUT2D eigenvalue weighted by Gasteiger charge is 2.26. The van der Waals surface area contributed by atoms with Crippen LogP contribution < -0.4 is 15.0 Å². The Labute approximate surface area is 317 Å². The zero-order valence-corrected chi connectivity index (χ0v) is 33.2. The highest BCUT2D eigenvalue weighted by Crippen LogP contribution is 2.29. The molecule has 6 bridgehead atoms. The zero-order chi connectivity index (χ0) is 38.6. The Balaban J connectivity index is 0.000000178. The first-order chi connectivity index (χ1) is 25.2. The molecule has 3 unspecified atom stereocenters. The lowest BCUT2D eigenvalue weighted by molar-refractivity contribution is 0.0406. The molecular formula is C41H63N9O3. The van der Waals surface area contributed by atoms with Crippen molar-refractivity contribution >= 4 is 17.5 Å². The van der Waals surface area contributed by atoms with Crippen LogP contribution in [0.25, 0.3) is 0 Å². The van der Waals surface area contributed by atoms with Crippen LogP contribution in [0.3, 0.4) is 0 Å². The van der Waals surface area contributed by atoms with Crippen LogP contribution in [0.1, 0.15) is 88.4 Å². The lowest BCUT2D eigenvalue weighted by atomic mass is 9.94. The minimum Gasteiger partial charge on any atom is -0.387 e. The fourth-order valence-electron chi connectivity index (χ4n) is 6.23. The highest BCUT2D eigenvalue weighted by atomic mass is 16.3. The Hall–Kier alpha value is -3.91. The number of aromatic nitrogens is 3. The van der Waals surface area contributed by atoms with Crippen molar-refractivity contribution in [3.63, 3.8) is 0 Å². The third-order valence-corrected chi connectivity index (χ3v) is 10.3. The topological polar surface area (TPSA) is 119 Å². The fraction of sp³-hybridized carbons (Fsp3) is 0.537. The third-order valence-electron chi connectivity index (χ3n) is 10.3. The van der Waals surface area contributed by atoms with E-state index in [1.165, 1.54) is 0 Å². The molecule has 290 valence electrons. The molecule has 0 saturated heterocycles. The van der Waals surface area contributed by atoms with Crippen molar-refractivity contribution in [1.82, 2.24) is 30.0 Å². The van der Waals surface area contributed by atoms with Crippen LogP contribution in [-0.4, -0.2) is 107 Å². The van der Waals surface area contributed by atoms with Crippen molar-refractivity contribution in [2.75, 3.05) is 76.9 Å². The van der Waals surface area contributed by atoms with Gasteiger partial charge in [-0.05, 0) is 88.8 Å². The summed E-state index contributed by atoms with van der Waals surface area (Å²) in [4.78, 5) is 13.7. The van der Waals surface area contributed by atoms with Crippen molar-refractivity contribution in [2.45, 2.75) is 82.5 Å². The predicted octanol–water partition coefficient (Wildman–Crippen LogP) is 5.82. The molecule has 3 N–H and O–H groups in total. The van der Waals surface area contributed by atoms with Gasteiger partial charge in [0.25, 0.3) is 0 Å². The van der Waals surface area contributed by atoms with E-state index in [1.54, 1.807) is 0 Å². The summed E-state index contributed by atoms with van der Waals surface area (Å²) >= 11 is 0. The van der Waals surface area contributed by atoms with Crippen LogP contribution in [0.2, 0.25) is 0 Å². The quantitative estimate of drug-likeness (QED) is 0.242. The molecule has 0 spiro atoms. The molecule has 0 radical (unpaired) electrons. The average Bonchev–Trinajstić information content (AvgIpc) is 3.18. The smallest absolute Gasteiger partial charge is 0.143 e. The number of anilines is 3. The number of allylic oxidation sites excluding steroid dienone is 2. The molecule has 3 aliphatic heterocycles. The standard InChI is InChI=1S/C14H23N3O.C14H21N3O.C13H19N3O/c2*1-14(18)10-5-4-6-11-16(2)17(3)13-9-7-8-12(14)15-13;1-15-10-5-3-4-8-12(17)11-7-6-9-13(14-11)16(15)2/h7-9,18H,4-6,10-11H2,1-3H3;4,6-9,18H,5,10-11H2,1-3H3;3,5-7,9,12,17H,4,8,10H2,1-2H3/b;6-4-;5-3-. The van der Waals surface area contributed by atoms with E-state index in [0.717, 1.165) is 99.1 Å². The SMILES string of the molecule is CN1C/C=C\CCC(C)(O)c2cccc(n2)N1C.CN1C/C=C\CCC(O)c2cccc(n2)N1C.CN1CCCCCC(C)(O)c2cccc(n2)N1C. The van der Waals surface area contributed by atoms with Crippen LogP contribution in [0.5, 0.6) is 0 Å². The van der Waals surface area contributed by atoms with Crippen molar-refractivity contribution in [3.05, 3.63) is 96.0 Å². The second-order valence-corrected chi connectivity index (χ2v) is 14.7. The number of hydrogen-bond donors (Lipinski definition) is 3. The van der Waals surface area contributed by atoms with Gasteiger partial charge >= 0.3 is 0 Å². The number of hydrazine groups is 3. The molecule has 0 saturated carbocycles. The minimum absolute atomic E-state index is 0.476. The first kappa shape index (κ1) is 41.8. The molecule has 53 heavy (non-hydrogen) atoms. The van der Waals surface area contributed by atoms with Crippen molar-refractivity contribution < 1.29 is 15.3 Å². The molecule has 3 atom stereocenters. The summed E-state index contributed by atoms with van der Waals surface area (Å²) in [5, 5.41) is 43.4. The van der Waals surface area contributed by atoms with Crippen LogP contribution in [0, 0.1) is 0 Å². The van der Waals surface area contributed by atoms with Crippen LogP contribution in [0.4, 0.5) is 17.5 Å². The van der Waals surface area contributed by atoms with Gasteiger partial charge in [-0.25, -0.2) is 30.0 Å². The summed E-state index contributed by atoms with van der Waals surface area (Å²) in [5.74, 6) is 2.60. The molecule has 6 heterocycles. The third kappa shape index (κ3) is 12.0. The van der Waals surface area contributed by atoms with E-state index in [2.05, 4.69) is 61.3 Å². The van der Waals surface area contributed by atoms with E-state index in [4.69, 9.17) is 0 Å². The van der Waals surface area contributed by atoms with Gasteiger partial charge < -0.3 is 15.3 Å². The van der Waals surface area contributed by atoms with Gasteiger partial charge in [0.1, 0.15) is 28.7 Å². The first-order valence-electron chi connectivity index (χ1n) is 18.9. The van der Waals surface area contributed by atoms with E-state index < -0.39 is 17.3 Å². The van der Waals surface area contributed by atoms with Crippen molar-refractivity contribution in [2.24, 2.45) is 0 Å². The Morgan fingerprint density at radius 3 is 1.64 bits per heavy atom. The summed E-state index contributed by atoms with van der Waals surface area (Å²) < 4.78 is 0. The van der Waals surface area contributed by atoms with Crippen LogP contribution >= 0.6 is 0 Å². The number of rotatable bonds is 0. The summed E-state index contributed by atoms with van der Waals surface area (Å²) in [5.41, 5.74) is 0.555. The molecule has 12 heteroatoms. The van der Waals surface area contributed by atoms with Crippen LogP contribution in [0.15, 0.2) is 78.9 Å². The van der Waals surface area contributed by atoms with Gasteiger partial charge in [0.2, 0.25) is 0 Å². The predicted molar refractivity (Wildman–Crippen MR) is 215 cm³/mol. The number of fused-ring (bicyclic) bond motifs is 6. The second kappa shape index (κ2) is 19.4. The molecule has 3 aromatic rings. The van der Waals surface area contributed by atoms with E-state index in [0.29, 0.717) is 6.42 Å². The van der Waals surface area contributed by atoms with E-state index in [-0.39, 0.29) is 0 Å². The number of nitrogens with zero attached hydrogens (tertiary/aromatic N) is 9. The van der Waals surface area contributed by atoms with Gasteiger partial charge in [-0.15, -0.1) is 0 Å². The zero-order valence-electron chi connectivity index (χ0n) is 33.2. The normalized spacial score (nSPS) is 26.2. The molecule has 3 aromatic heterocycles. The molecule has 0 fully saturated rings. The van der Waals surface area contributed by atoms with Gasteiger partial charge in [0, 0.05) is 61.9 Å². The number of hydrogen-bond acceptors (Lipinski definition) is 12. The van der Waals surface area contributed by atoms with Gasteiger partial charge in [-0.1, -0.05) is 55.3 Å². The maximum Gasteiger partial charge on any atom is 0.143 e. The van der Waals surface area contributed by atoms with Crippen LogP contribution in [-0.2, 0) is 11.2 Å². The molecule has 3 aliphatic rings. The largest absolute Gasteiger partial charge is 0.387 e. The summed E-state index contributed by atoms with van der Waals surface area (Å²) in [6.45, 7) is 6.39. The maximum absolute atomic E-state index is 10.5. The molecule has 12 nitrogen and oxygen atoms in total. The molecular weight excluding hydrogens is 667 g/mol. The van der Waals surface area contributed by atoms with E-state index in [1.807, 2.05) is 119 Å². The molecule has 0 amide bonds. The Morgan fingerprint density at radius 2 is 1.06 bits per heavy atom. The molecule has 6 rings (SSSR count). The fourth-order valence-corrected chi connectivity index (χ4v) is 6.23. The van der Waals surface area contributed by atoms with Crippen molar-refractivity contribution in [1.29, 1.82) is 0 Å². The number of likely N-dealkylation sites (N-methyl/N-ethyl adjacent to an activating group) is 2. The molecule has 0 aliphatic carbocycles. The Kier molecular flexibility index (Phi) is 15.3. The van der Waals surface area contributed by atoms with E-state index in [9.17, 15) is 15.3 Å². The first-order valence-corrected chi connectivity index (χ1v) is 18.9. The lowest BCUT2D eigenvalue weighted by Gasteiger charge is -2.29. The van der Waals surface area contributed by atoms with Gasteiger partial charge in [0.15, 0.2) is 0 Å². The average molecular weight is 730 g/mol. The number of aliphatic hydroxyl groups is 3. The van der Waals surface area contributed by atoms with Gasteiger partial charge in [0.05, 0.1) is 23.2 Å². The van der Waals surface area contributed by atoms with Gasteiger partial charge in [-0.2, -0.15) is 0 Å². The number of aliphatic hydroxyl groups excluding tert-OH is 1. The van der Waals surface area contributed by atoms with Gasteiger partial charge in [-0.3, -0.25) is 15.0 Å². The Morgan fingerprint density at radius 1 is 0.566 bits per heavy atom. The Bertz CT molecular complexity index is 1630. The summed E-state index contributed by atoms with van der Waals surface area (Å²) in [7, 11) is 12.1. The maximum atomic E-state index is 10.5. The minimum atomic E-state index is -0.871. The summed E-state index contributed by atoms with van der Waals surface area (Å²) in [6, 6.07) is 17.4.